The van der Waals surface area contributed by atoms with Crippen LogP contribution in [-0.2, 0) is 55.7 Å². The molecule has 3 saturated heterocycles. The van der Waals surface area contributed by atoms with Gasteiger partial charge in [0.15, 0.2) is 0 Å². The van der Waals surface area contributed by atoms with Gasteiger partial charge in [0.05, 0.1) is 36.8 Å². The minimum Gasteiger partial charge on any atom is -0.491 e. The van der Waals surface area contributed by atoms with Crippen molar-refractivity contribution in [1.29, 1.82) is 0 Å². The number of aromatic nitrogens is 4. The van der Waals surface area contributed by atoms with Crippen LogP contribution >= 0.6 is 0 Å². The lowest BCUT2D eigenvalue weighted by Crippen LogP contribution is -2.58. The summed E-state index contributed by atoms with van der Waals surface area (Å²) in [7, 11) is 1.71. The van der Waals surface area contributed by atoms with Gasteiger partial charge in [-0.1, -0.05) is 13.8 Å². The molecule has 5 aromatic rings. The van der Waals surface area contributed by atoms with Crippen molar-refractivity contribution in [2.45, 2.75) is 116 Å². The number of aryl methyl sites for hydroxylation is 1. The van der Waals surface area contributed by atoms with Crippen LogP contribution in [0.1, 0.15) is 91.3 Å². The molecule has 4 aromatic heterocycles. The number of hydrogen-bond acceptors (Lipinski definition) is 13. The molecule has 71 heavy (non-hydrogen) atoms. The molecular weight excluding hydrogens is 899 g/mol. The summed E-state index contributed by atoms with van der Waals surface area (Å²) in [6.45, 7) is 13.4. The highest BCUT2D eigenvalue weighted by Gasteiger charge is 2.41. The van der Waals surface area contributed by atoms with Gasteiger partial charge in [-0.3, -0.25) is 39.2 Å². The summed E-state index contributed by atoms with van der Waals surface area (Å²) in [6, 6.07) is 15.0. The zero-order chi connectivity index (χ0) is 48.9. The molecule has 3 amide bonds. The minimum atomic E-state index is -0.335. The highest BCUT2D eigenvalue weighted by molar-refractivity contribution is 6.06. The number of fused-ring (bicyclic) bond motifs is 7. The first-order chi connectivity index (χ1) is 34.3. The number of piperidine rings is 2. The van der Waals surface area contributed by atoms with E-state index in [4.69, 9.17) is 9.72 Å². The second-order valence-electron chi connectivity index (χ2n) is 21.7. The molecule has 3 N–H and O–H groups in total. The van der Waals surface area contributed by atoms with Crippen LogP contribution < -0.4 is 35.6 Å². The van der Waals surface area contributed by atoms with Gasteiger partial charge in [-0.25, -0.2) is 9.97 Å². The number of pyridine rings is 3. The van der Waals surface area contributed by atoms with E-state index in [0.717, 1.165) is 69.7 Å². The Bertz CT molecular complexity index is 3040. The van der Waals surface area contributed by atoms with E-state index in [-0.39, 0.29) is 47.4 Å². The molecule has 0 radical (unpaired) electrons. The fourth-order valence-electron chi connectivity index (χ4n) is 13.0. The number of aliphatic hydroxyl groups excluding tert-OH is 1. The van der Waals surface area contributed by atoms with Crippen LogP contribution in [0.4, 0.5) is 28.7 Å². The predicted molar refractivity (Wildman–Crippen MR) is 270 cm³/mol. The minimum absolute atomic E-state index is 0.123. The molecule has 0 bridgehead atoms. The molecule has 1 aliphatic carbocycles. The zero-order valence-corrected chi connectivity index (χ0v) is 41.1. The molecule has 17 nitrogen and oxygen atoms in total. The third-order valence-corrected chi connectivity index (χ3v) is 16.5. The summed E-state index contributed by atoms with van der Waals surface area (Å²) >= 11 is 0. The average molecular weight is 962 g/mol. The molecule has 12 rings (SSSR count). The number of carbonyl (C=O) groups is 3. The third kappa shape index (κ3) is 8.15. The second kappa shape index (κ2) is 17.6. The first kappa shape index (κ1) is 45.6. The van der Waals surface area contributed by atoms with Gasteiger partial charge in [-0.05, 0) is 109 Å². The van der Waals surface area contributed by atoms with Crippen molar-refractivity contribution in [2.75, 3.05) is 59.3 Å². The summed E-state index contributed by atoms with van der Waals surface area (Å²) < 4.78 is 10.1. The molecule has 3 fully saturated rings. The van der Waals surface area contributed by atoms with Crippen molar-refractivity contribution in [3.63, 3.8) is 0 Å². The Morgan fingerprint density at radius 2 is 1.72 bits per heavy atom. The van der Waals surface area contributed by atoms with Crippen LogP contribution in [0.3, 0.4) is 0 Å². The summed E-state index contributed by atoms with van der Waals surface area (Å²) in [5, 5.41) is 16.6. The number of nitrogens with zero attached hydrogens (tertiary/aromatic N) is 9. The van der Waals surface area contributed by atoms with Crippen molar-refractivity contribution in [2.24, 2.45) is 12.5 Å². The van der Waals surface area contributed by atoms with Crippen LogP contribution in [0.2, 0.25) is 0 Å². The average Bonchev–Trinajstić information content (AvgIpc) is 3.98. The van der Waals surface area contributed by atoms with E-state index in [1.807, 2.05) is 24.4 Å². The van der Waals surface area contributed by atoms with Gasteiger partial charge in [0.2, 0.25) is 11.8 Å². The highest BCUT2D eigenvalue weighted by Crippen LogP contribution is 2.44. The van der Waals surface area contributed by atoms with E-state index in [9.17, 15) is 24.3 Å². The Balaban J connectivity index is 0.691. The fourth-order valence-corrected chi connectivity index (χ4v) is 13.0. The molecular formula is C54H63N11O6. The summed E-state index contributed by atoms with van der Waals surface area (Å²) in [5.41, 5.74) is 10.0. The Labute approximate surface area is 413 Å². The normalized spacial score (nSPS) is 24.1. The Morgan fingerprint density at radius 1 is 0.873 bits per heavy atom. The number of piperazine rings is 1. The number of ether oxygens (including phenoxy) is 1. The summed E-state index contributed by atoms with van der Waals surface area (Å²) in [6.07, 6.45) is 11.2. The van der Waals surface area contributed by atoms with Crippen molar-refractivity contribution < 1.29 is 24.2 Å². The van der Waals surface area contributed by atoms with Gasteiger partial charge >= 0.3 is 0 Å². The quantitative estimate of drug-likeness (QED) is 0.175. The third-order valence-electron chi connectivity index (χ3n) is 16.5. The topological polar surface area (TPSA) is 174 Å². The standard InChI is InChI=1S/C54H63N11O6/c1-32-27-60(37-10-13-63-38(23-37)11-18-71-47-22-35-30-61(29-34(35)21-44(47)63)43-6-8-49(67)58-51(43)68)14-15-62(32)39-5-7-48(56-26-39)57-42-19-36(28-59(4)52(42)69)40-9-12-55-50(41(40)31-66)65-17-16-64-45(53(65)70)20-33-24-54(2,3)25-46(33)64/h5,7,9,12,19-22,26,28,32,37-38,43,66H,6,8,10-11,13-18,23-25,27,29-31H2,1-4H3,(H,56,57)(H,58,67,68)/t32-,37+,38-,43?/m1/s1. The SMILES string of the molecule is C[C@@H]1CN([C@H]2CCN3c4cc5c(cc4OCC[C@@H]3C2)CN(C2CCC(=O)NC2=O)C5)CCN1c1ccc(Nc2cc(-c3ccnc(N4CCn5c(cc6c5CC(C)(C)C6)C4=O)c3CO)cn(C)c2=O)nc1. The Kier molecular flexibility index (Phi) is 11.3. The van der Waals surface area contributed by atoms with E-state index in [0.29, 0.717) is 97.4 Å². The second-order valence-corrected chi connectivity index (χ2v) is 21.7. The van der Waals surface area contributed by atoms with Gasteiger partial charge in [-0.2, -0.15) is 0 Å². The lowest BCUT2D eigenvalue weighted by molar-refractivity contribution is -0.137. The molecule has 17 heteroatoms. The predicted octanol–water partition coefficient (Wildman–Crippen LogP) is 5.12. The van der Waals surface area contributed by atoms with E-state index in [1.54, 1.807) is 30.4 Å². The number of aliphatic hydroxyl groups is 1. The first-order valence-corrected chi connectivity index (χ1v) is 25.5. The van der Waals surface area contributed by atoms with Crippen LogP contribution in [0, 0.1) is 5.41 Å². The lowest BCUT2D eigenvalue weighted by atomic mass is 9.90. The number of amides is 3. The first-order valence-electron chi connectivity index (χ1n) is 25.5. The zero-order valence-electron chi connectivity index (χ0n) is 41.1. The Hall–Kier alpha value is -6.56. The molecule has 370 valence electrons. The molecule has 6 aliphatic heterocycles. The molecule has 4 atom stereocenters. The monoisotopic (exact) mass is 961 g/mol. The van der Waals surface area contributed by atoms with Crippen molar-refractivity contribution in [1.82, 2.24) is 34.2 Å². The van der Waals surface area contributed by atoms with Gasteiger partial charge in [-0.15, -0.1) is 0 Å². The van der Waals surface area contributed by atoms with E-state index < -0.39 is 0 Å². The Morgan fingerprint density at radius 3 is 2.51 bits per heavy atom. The maximum Gasteiger partial charge on any atom is 0.276 e. The molecule has 10 heterocycles. The van der Waals surface area contributed by atoms with Crippen LogP contribution in [0.5, 0.6) is 5.75 Å². The number of anilines is 5. The van der Waals surface area contributed by atoms with Crippen molar-refractivity contribution >= 4 is 46.4 Å². The molecule has 0 spiro atoms. The highest BCUT2D eigenvalue weighted by atomic mass is 16.5. The molecule has 1 aromatic carbocycles. The smallest absolute Gasteiger partial charge is 0.276 e. The van der Waals surface area contributed by atoms with Gasteiger partial charge in [0.25, 0.3) is 11.5 Å². The van der Waals surface area contributed by atoms with Gasteiger partial charge in [0, 0.05) is 120 Å². The maximum absolute atomic E-state index is 14.0. The summed E-state index contributed by atoms with van der Waals surface area (Å²) in [4.78, 5) is 73.1. The largest absolute Gasteiger partial charge is 0.491 e. The number of nitrogens with one attached hydrogen (secondary N) is 2. The number of rotatable bonds is 8. The van der Waals surface area contributed by atoms with E-state index in [2.05, 4.69) is 78.8 Å². The molecule has 0 saturated carbocycles. The lowest BCUT2D eigenvalue weighted by Gasteiger charge is -2.48. The number of hydrogen-bond donors (Lipinski definition) is 3. The van der Waals surface area contributed by atoms with E-state index in [1.165, 1.54) is 32.6 Å². The number of carbonyl (C=O) groups excluding carboxylic acids is 3. The molecule has 7 aliphatic rings. The van der Waals surface area contributed by atoms with Crippen molar-refractivity contribution in [3.05, 3.63) is 105 Å². The summed E-state index contributed by atoms with van der Waals surface area (Å²) in [5.74, 6) is 1.41. The molecule has 1 unspecified atom stereocenters. The number of benzene rings is 1. The van der Waals surface area contributed by atoms with Gasteiger partial charge in [0.1, 0.15) is 28.8 Å². The van der Waals surface area contributed by atoms with E-state index >= 15 is 0 Å². The van der Waals surface area contributed by atoms with Gasteiger partial charge < -0.3 is 34.1 Å². The fraction of sp³-hybridized carbons (Fsp3) is 0.481. The number of imide groups is 1. The van der Waals surface area contributed by atoms with Crippen LogP contribution in [-0.4, -0.2) is 115 Å². The van der Waals surface area contributed by atoms with Crippen LogP contribution in [0.15, 0.2) is 65.8 Å². The van der Waals surface area contributed by atoms with Crippen molar-refractivity contribution in [3.8, 4) is 16.9 Å². The maximum atomic E-state index is 14.0. The van der Waals surface area contributed by atoms with Crippen LogP contribution in [0.25, 0.3) is 11.1 Å².